The SMILES string of the molecule is O=C(Nc1cc(C(F)(F)F)c(=O)n(CC(F)F)c1)c1cc(F)c(Cl)s1. The van der Waals surface area contributed by atoms with E-state index in [4.69, 9.17) is 11.6 Å². The molecule has 1 amide bonds. The van der Waals surface area contributed by atoms with Crippen molar-refractivity contribution in [3.63, 3.8) is 0 Å². The first-order valence-corrected chi connectivity index (χ1v) is 7.54. The van der Waals surface area contributed by atoms with Gasteiger partial charge in [-0.05, 0) is 12.1 Å². The quantitative estimate of drug-likeness (QED) is 0.775. The molecule has 25 heavy (non-hydrogen) atoms. The number of amides is 1. The number of pyridine rings is 1. The van der Waals surface area contributed by atoms with E-state index in [1.807, 2.05) is 5.32 Å². The van der Waals surface area contributed by atoms with Crippen LogP contribution in [0.3, 0.4) is 0 Å². The van der Waals surface area contributed by atoms with Gasteiger partial charge in [0.15, 0.2) is 5.82 Å². The van der Waals surface area contributed by atoms with Gasteiger partial charge in [-0.25, -0.2) is 13.2 Å². The van der Waals surface area contributed by atoms with Crippen molar-refractivity contribution in [2.24, 2.45) is 0 Å². The summed E-state index contributed by atoms with van der Waals surface area (Å²) in [5.74, 6) is -1.90. The lowest BCUT2D eigenvalue weighted by Crippen LogP contribution is -2.31. The maximum atomic E-state index is 13.1. The van der Waals surface area contributed by atoms with Crippen molar-refractivity contribution < 1.29 is 31.1 Å². The van der Waals surface area contributed by atoms with E-state index in [-0.39, 0.29) is 13.8 Å². The number of carbonyl (C=O) groups is 1. The highest BCUT2D eigenvalue weighted by Gasteiger charge is 2.35. The predicted octanol–water partition coefficient (Wildman–Crippen LogP) is 4.24. The number of nitrogens with zero attached hydrogens (tertiary/aromatic N) is 1. The van der Waals surface area contributed by atoms with Crippen LogP contribution in [0.5, 0.6) is 0 Å². The van der Waals surface area contributed by atoms with Gasteiger partial charge in [-0.3, -0.25) is 9.59 Å². The lowest BCUT2D eigenvalue weighted by atomic mass is 10.2. The summed E-state index contributed by atoms with van der Waals surface area (Å²) in [4.78, 5) is 23.3. The van der Waals surface area contributed by atoms with Crippen molar-refractivity contribution >= 4 is 34.5 Å². The van der Waals surface area contributed by atoms with Crippen LogP contribution in [0.4, 0.5) is 32.0 Å². The standard InChI is InChI=1S/C13H7ClF6N2O2S/c14-10-7(15)2-8(25-10)11(23)21-5-1-6(13(18,19)20)12(24)22(3-5)4-9(16)17/h1-3,9H,4H2,(H,21,23). The first kappa shape index (κ1) is 19.3. The number of halogens is 7. The summed E-state index contributed by atoms with van der Waals surface area (Å²) in [6.07, 6.45) is -7.55. The second kappa shape index (κ2) is 7.08. The van der Waals surface area contributed by atoms with Gasteiger partial charge in [0, 0.05) is 6.20 Å². The molecule has 0 radical (unpaired) electrons. The van der Waals surface area contributed by atoms with Gasteiger partial charge < -0.3 is 9.88 Å². The molecule has 1 N–H and O–H groups in total. The Morgan fingerprint density at radius 2 is 1.96 bits per heavy atom. The number of thiophene rings is 1. The summed E-state index contributed by atoms with van der Waals surface area (Å²) >= 11 is 5.99. The fourth-order valence-electron chi connectivity index (χ4n) is 1.84. The maximum absolute atomic E-state index is 13.1. The van der Waals surface area contributed by atoms with Crippen LogP contribution in [0, 0.1) is 5.82 Å². The van der Waals surface area contributed by atoms with Crippen LogP contribution in [-0.4, -0.2) is 16.9 Å². The van der Waals surface area contributed by atoms with Crippen LogP contribution in [0.25, 0.3) is 0 Å². The molecular formula is C13H7ClF6N2O2S. The Bertz CT molecular complexity index is 842. The van der Waals surface area contributed by atoms with E-state index in [1.165, 1.54) is 0 Å². The fraction of sp³-hybridized carbons (Fsp3) is 0.231. The van der Waals surface area contributed by atoms with Gasteiger partial charge in [0.05, 0.1) is 17.1 Å². The first-order chi connectivity index (χ1) is 11.5. The molecular weight excluding hydrogens is 398 g/mol. The third-order valence-electron chi connectivity index (χ3n) is 2.85. The number of carbonyl (C=O) groups excluding carboxylic acids is 1. The molecule has 0 aliphatic carbocycles. The second-order valence-corrected chi connectivity index (χ2v) is 6.33. The van der Waals surface area contributed by atoms with Crippen molar-refractivity contribution in [2.75, 3.05) is 5.32 Å². The number of anilines is 1. The molecule has 2 aromatic heterocycles. The van der Waals surface area contributed by atoms with Gasteiger partial charge >= 0.3 is 6.18 Å². The lowest BCUT2D eigenvalue weighted by Gasteiger charge is -2.13. The van der Waals surface area contributed by atoms with E-state index in [0.29, 0.717) is 23.6 Å². The fourth-order valence-corrected chi connectivity index (χ4v) is 2.80. The summed E-state index contributed by atoms with van der Waals surface area (Å²) in [7, 11) is 0. The van der Waals surface area contributed by atoms with Crippen LogP contribution in [0.15, 0.2) is 23.1 Å². The van der Waals surface area contributed by atoms with E-state index in [1.54, 1.807) is 0 Å². The summed E-state index contributed by atoms with van der Waals surface area (Å²) in [5.41, 5.74) is -3.94. The minimum absolute atomic E-state index is 0.144. The topological polar surface area (TPSA) is 51.1 Å². The van der Waals surface area contributed by atoms with Gasteiger partial charge in [0.1, 0.15) is 9.90 Å². The van der Waals surface area contributed by atoms with Crippen molar-refractivity contribution in [3.05, 3.63) is 49.3 Å². The van der Waals surface area contributed by atoms with Crippen LogP contribution in [-0.2, 0) is 12.7 Å². The molecule has 2 rings (SSSR count). The average molecular weight is 405 g/mol. The molecule has 4 nitrogen and oxygen atoms in total. The van der Waals surface area contributed by atoms with Crippen LogP contribution in [0.2, 0.25) is 4.34 Å². The second-order valence-electron chi connectivity index (χ2n) is 4.68. The number of rotatable bonds is 4. The van der Waals surface area contributed by atoms with Crippen LogP contribution in [0.1, 0.15) is 15.2 Å². The molecule has 2 heterocycles. The molecule has 0 aliphatic rings. The molecule has 0 aromatic carbocycles. The highest BCUT2D eigenvalue weighted by atomic mass is 35.5. The predicted molar refractivity (Wildman–Crippen MR) is 78.9 cm³/mol. The molecule has 0 saturated carbocycles. The summed E-state index contributed by atoms with van der Waals surface area (Å²) in [6, 6.07) is 1.08. The molecule has 0 unspecified atom stereocenters. The number of aromatic nitrogens is 1. The summed E-state index contributed by atoms with van der Waals surface area (Å²) in [6.45, 7) is -1.29. The van der Waals surface area contributed by atoms with E-state index < -0.39 is 47.7 Å². The smallest absolute Gasteiger partial charge is 0.320 e. The van der Waals surface area contributed by atoms with Gasteiger partial charge in [0.25, 0.3) is 17.9 Å². The minimum Gasteiger partial charge on any atom is -0.320 e. The highest BCUT2D eigenvalue weighted by molar-refractivity contribution is 7.18. The summed E-state index contributed by atoms with van der Waals surface area (Å²) in [5, 5.41) is 1.99. The van der Waals surface area contributed by atoms with Gasteiger partial charge in [0.2, 0.25) is 0 Å². The minimum atomic E-state index is -5.11. The van der Waals surface area contributed by atoms with Crippen molar-refractivity contribution in [3.8, 4) is 0 Å². The Kier molecular flexibility index (Phi) is 5.47. The normalized spacial score (nSPS) is 11.8. The van der Waals surface area contributed by atoms with Crippen molar-refractivity contribution in [1.29, 1.82) is 0 Å². The molecule has 0 atom stereocenters. The monoisotopic (exact) mass is 404 g/mol. The number of hydrogen-bond donors (Lipinski definition) is 1. The first-order valence-electron chi connectivity index (χ1n) is 6.35. The molecule has 0 aliphatic heterocycles. The highest BCUT2D eigenvalue weighted by Crippen LogP contribution is 2.29. The maximum Gasteiger partial charge on any atom is 0.421 e. The molecule has 0 spiro atoms. The third-order valence-corrected chi connectivity index (χ3v) is 4.16. The number of nitrogens with one attached hydrogen (secondary N) is 1. The van der Waals surface area contributed by atoms with E-state index in [0.717, 1.165) is 6.07 Å². The molecule has 0 fully saturated rings. The lowest BCUT2D eigenvalue weighted by molar-refractivity contribution is -0.139. The van der Waals surface area contributed by atoms with Crippen LogP contribution < -0.4 is 10.9 Å². The summed E-state index contributed by atoms with van der Waals surface area (Å²) < 4.78 is 76.5. The average Bonchev–Trinajstić information content (AvgIpc) is 2.80. The molecule has 136 valence electrons. The number of alkyl halides is 5. The van der Waals surface area contributed by atoms with E-state index in [2.05, 4.69) is 0 Å². The Labute approximate surface area is 144 Å². The molecule has 2 aromatic rings. The zero-order chi connectivity index (χ0) is 18.9. The Morgan fingerprint density at radius 3 is 2.44 bits per heavy atom. The zero-order valence-electron chi connectivity index (χ0n) is 11.8. The molecule has 0 bridgehead atoms. The molecule has 0 saturated heterocycles. The third kappa shape index (κ3) is 4.54. The van der Waals surface area contributed by atoms with Crippen molar-refractivity contribution in [1.82, 2.24) is 4.57 Å². The van der Waals surface area contributed by atoms with Crippen LogP contribution >= 0.6 is 22.9 Å². The number of hydrogen-bond acceptors (Lipinski definition) is 3. The van der Waals surface area contributed by atoms with Gasteiger partial charge in [-0.15, -0.1) is 11.3 Å². The van der Waals surface area contributed by atoms with Gasteiger partial charge in [-0.1, -0.05) is 11.6 Å². The van der Waals surface area contributed by atoms with E-state index >= 15 is 0 Å². The molecule has 12 heteroatoms. The Morgan fingerprint density at radius 1 is 1.32 bits per heavy atom. The Balaban J connectivity index is 2.42. The largest absolute Gasteiger partial charge is 0.421 e. The Hall–Kier alpha value is -2.01. The van der Waals surface area contributed by atoms with Crippen molar-refractivity contribution in [2.45, 2.75) is 19.1 Å². The van der Waals surface area contributed by atoms with Gasteiger partial charge in [-0.2, -0.15) is 13.2 Å². The van der Waals surface area contributed by atoms with E-state index in [9.17, 15) is 35.9 Å². The zero-order valence-corrected chi connectivity index (χ0v) is 13.4.